The molecule has 3 heteroatoms. The molecule has 22 heavy (non-hydrogen) atoms. The molecular weight excluding hydrogens is 294 g/mol. The lowest BCUT2D eigenvalue weighted by Gasteiger charge is -2.09. The average Bonchev–Trinajstić information content (AvgIpc) is 2.88. The molecule has 0 N–H and O–H groups in total. The minimum atomic E-state index is 0.0309. The number of pyridine rings is 1. The number of halogens is 1. The molecule has 0 unspecified atom stereocenters. The Morgan fingerprint density at radius 3 is 2.55 bits per heavy atom. The second-order valence-electron chi connectivity index (χ2n) is 5.76. The van der Waals surface area contributed by atoms with Crippen molar-refractivity contribution < 1.29 is 0 Å². The third-order valence-corrected chi connectivity index (χ3v) is 4.87. The summed E-state index contributed by atoms with van der Waals surface area (Å²) < 4.78 is 1.84. The van der Waals surface area contributed by atoms with E-state index in [1.54, 1.807) is 0 Å². The van der Waals surface area contributed by atoms with Crippen LogP contribution >= 0.6 is 11.6 Å². The molecule has 0 saturated heterocycles. The third kappa shape index (κ3) is 1.71. The van der Waals surface area contributed by atoms with E-state index in [0.717, 1.165) is 52.0 Å². The Bertz CT molecular complexity index is 1050. The second kappa shape index (κ2) is 4.99. The first-order valence-electron chi connectivity index (χ1n) is 7.70. The molecule has 110 valence electrons. The predicted octanol–water partition coefficient (Wildman–Crippen LogP) is 5.04. The molecule has 0 bridgehead atoms. The van der Waals surface area contributed by atoms with Crippen LogP contribution in [0.5, 0.6) is 0 Å². The minimum Gasteiger partial charge on any atom is -0.275 e. The number of hydrogen-bond acceptors (Lipinski definition) is 1. The monoisotopic (exact) mass is 309 g/mol. The van der Waals surface area contributed by atoms with E-state index in [0.29, 0.717) is 5.02 Å². The quantitative estimate of drug-likeness (QED) is 0.519. The summed E-state index contributed by atoms with van der Waals surface area (Å²) in [4.78, 5) is 13.0. The van der Waals surface area contributed by atoms with Crippen LogP contribution in [0.2, 0.25) is 5.02 Å². The molecule has 0 aliphatic heterocycles. The molecule has 2 heterocycles. The van der Waals surface area contributed by atoms with Gasteiger partial charge in [0, 0.05) is 21.7 Å². The van der Waals surface area contributed by atoms with Gasteiger partial charge in [-0.15, -0.1) is 0 Å². The van der Waals surface area contributed by atoms with Crippen LogP contribution in [0.1, 0.15) is 25.3 Å². The number of hydrogen-bond donors (Lipinski definition) is 0. The number of aromatic nitrogens is 1. The fourth-order valence-corrected chi connectivity index (χ4v) is 3.70. The molecule has 4 rings (SSSR count). The zero-order chi connectivity index (χ0) is 15.3. The Kier molecular flexibility index (Phi) is 3.08. The Morgan fingerprint density at radius 2 is 1.73 bits per heavy atom. The summed E-state index contributed by atoms with van der Waals surface area (Å²) in [6.45, 7) is 2.12. The number of para-hydroxylation sites is 2. The predicted molar refractivity (Wildman–Crippen MR) is 93.5 cm³/mol. The number of nitrogens with zero attached hydrogens (tertiary/aromatic N) is 1. The zero-order valence-corrected chi connectivity index (χ0v) is 13.2. The SMILES string of the molecule is CCCCc1c(Cl)c2cccc3c4ccccc4n(c1=O)c23. The topological polar surface area (TPSA) is 21.5 Å². The van der Waals surface area contributed by atoms with Gasteiger partial charge in [-0.05, 0) is 18.9 Å². The first-order valence-corrected chi connectivity index (χ1v) is 8.07. The summed E-state index contributed by atoms with van der Waals surface area (Å²) in [7, 11) is 0. The first kappa shape index (κ1) is 13.6. The maximum absolute atomic E-state index is 13.0. The van der Waals surface area contributed by atoms with E-state index in [2.05, 4.69) is 19.1 Å². The van der Waals surface area contributed by atoms with E-state index < -0.39 is 0 Å². The number of unbranched alkanes of at least 4 members (excludes halogenated alkanes) is 1. The lowest BCUT2D eigenvalue weighted by molar-refractivity contribution is 0.786. The van der Waals surface area contributed by atoms with Crippen molar-refractivity contribution in [2.24, 2.45) is 0 Å². The van der Waals surface area contributed by atoms with E-state index in [-0.39, 0.29) is 5.56 Å². The minimum absolute atomic E-state index is 0.0309. The standard InChI is InChI=1S/C19H16ClNO/c1-2-3-7-15-17(20)14-10-6-9-13-12-8-4-5-11-16(12)21(18(13)14)19(15)22/h4-6,8-11H,2-3,7H2,1H3. The summed E-state index contributed by atoms with van der Waals surface area (Å²) in [5.41, 5.74) is 2.68. The van der Waals surface area contributed by atoms with Crippen molar-refractivity contribution >= 4 is 38.8 Å². The fourth-order valence-electron chi connectivity index (χ4n) is 3.37. The van der Waals surface area contributed by atoms with Crippen molar-refractivity contribution in [3.8, 4) is 0 Å². The maximum atomic E-state index is 13.0. The molecule has 2 aromatic heterocycles. The molecule has 0 radical (unpaired) electrons. The van der Waals surface area contributed by atoms with Gasteiger partial charge in [0.15, 0.2) is 0 Å². The lowest BCUT2D eigenvalue weighted by atomic mass is 10.1. The van der Waals surface area contributed by atoms with Gasteiger partial charge in [-0.25, -0.2) is 0 Å². The van der Waals surface area contributed by atoms with Crippen LogP contribution < -0.4 is 5.56 Å². The van der Waals surface area contributed by atoms with Gasteiger partial charge < -0.3 is 0 Å². The highest BCUT2D eigenvalue weighted by atomic mass is 35.5. The van der Waals surface area contributed by atoms with Gasteiger partial charge in [-0.1, -0.05) is 61.3 Å². The first-order chi connectivity index (χ1) is 10.7. The van der Waals surface area contributed by atoms with Crippen molar-refractivity contribution in [2.75, 3.05) is 0 Å². The molecule has 2 aromatic carbocycles. The van der Waals surface area contributed by atoms with Gasteiger partial charge in [0.05, 0.1) is 16.1 Å². The van der Waals surface area contributed by atoms with Gasteiger partial charge in [0.1, 0.15) is 0 Å². The summed E-state index contributed by atoms with van der Waals surface area (Å²) in [6, 6.07) is 14.1. The third-order valence-electron chi connectivity index (χ3n) is 4.44. The van der Waals surface area contributed by atoms with Crippen molar-refractivity contribution in [1.29, 1.82) is 0 Å². The van der Waals surface area contributed by atoms with Crippen LogP contribution in [0.25, 0.3) is 27.2 Å². The van der Waals surface area contributed by atoms with Crippen LogP contribution in [0.3, 0.4) is 0 Å². The summed E-state index contributed by atoms with van der Waals surface area (Å²) >= 11 is 6.58. The van der Waals surface area contributed by atoms with Crippen LogP contribution in [0, 0.1) is 0 Å². The molecule has 0 fully saturated rings. The Labute approximate surface area is 133 Å². The molecule has 0 aliphatic carbocycles. The smallest absolute Gasteiger partial charge is 0.260 e. The molecule has 4 aromatic rings. The summed E-state index contributed by atoms with van der Waals surface area (Å²) in [6.07, 6.45) is 2.75. The maximum Gasteiger partial charge on any atom is 0.260 e. The average molecular weight is 310 g/mol. The van der Waals surface area contributed by atoms with E-state index in [1.807, 2.05) is 34.7 Å². The van der Waals surface area contributed by atoms with Gasteiger partial charge >= 0.3 is 0 Å². The Balaban J connectivity index is 2.27. The highest BCUT2D eigenvalue weighted by molar-refractivity contribution is 6.37. The van der Waals surface area contributed by atoms with Crippen molar-refractivity contribution in [3.05, 3.63) is 63.4 Å². The summed E-state index contributed by atoms with van der Waals surface area (Å²) in [5.74, 6) is 0. The lowest BCUT2D eigenvalue weighted by Crippen LogP contribution is -2.18. The number of benzene rings is 2. The van der Waals surface area contributed by atoms with Gasteiger partial charge in [0.25, 0.3) is 5.56 Å². The fraction of sp³-hybridized carbons (Fsp3) is 0.211. The molecule has 0 aliphatic rings. The largest absolute Gasteiger partial charge is 0.275 e. The normalized spacial score (nSPS) is 11.9. The van der Waals surface area contributed by atoms with Crippen LogP contribution in [0.4, 0.5) is 0 Å². The van der Waals surface area contributed by atoms with Crippen LogP contribution in [0.15, 0.2) is 47.3 Å². The second-order valence-corrected chi connectivity index (χ2v) is 6.13. The molecule has 0 saturated carbocycles. The van der Waals surface area contributed by atoms with E-state index in [9.17, 15) is 4.79 Å². The Morgan fingerprint density at radius 1 is 1.00 bits per heavy atom. The summed E-state index contributed by atoms with van der Waals surface area (Å²) in [5, 5.41) is 3.79. The van der Waals surface area contributed by atoms with Crippen LogP contribution in [-0.2, 0) is 6.42 Å². The van der Waals surface area contributed by atoms with Gasteiger partial charge in [-0.3, -0.25) is 9.20 Å². The van der Waals surface area contributed by atoms with Crippen molar-refractivity contribution in [1.82, 2.24) is 4.40 Å². The van der Waals surface area contributed by atoms with Crippen molar-refractivity contribution in [3.63, 3.8) is 0 Å². The van der Waals surface area contributed by atoms with E-state index >= 15 is 0 Å². The van der Waals surface area contributed by atoms with E-state index in [1.165, 1.54) is 0 Å². The molecule has 0 atom stereocenters. The molecule has 0 amide bonds. The molecular formula is C19H16ClNO. The number of fused-ring (bicyclic) bond motifs is 3. The zero-order valence-electron chi connectivity index (χ0n) is 12.4. The van der Waals surface area contributed by atoms with E-state index in [4.69, 9.17) is 11.6 Å². The number of rotatable bonds is 3. The van der Waals surface area contributed by atoms with Crippen molar-refractivity contribution in [2.45, 2.75) is 26.2 Å². The van der Waals surface area contributed by atoms with Crippen LogP contribution in [-0.4, -0.2) is 4.40 Å². The van der Waals surface area contributed by atoms with Gasteiger partial charge in [-0.2, -0.15) is 0 Å². The highest BCUT2D eigenvalue weighted by Crippen LogP contribution is 2.35. The van der Waals surface area contributed by atoms with Gasteiger partial charge in [0.2, 0.25) is 0 Å². The highest BCUT2D eigenvalue weighted by Gasteiger charge is 2.18. The molecule has 2 nitrogen and oxygen atoms in total. The Hall–Kier alpha value is -2.06. The molecule has 0 spiro atoms.